The predicted octanol–water partition coefficient (Wildman–Crippen LogP) is 4.54. The first-order chi connectivity index (χ1) is 9.07. The maximum atomic E-state index is 5.96. The summed E-state index contributed by atoms with van der Waals surface area (Å²) in [4.78, 5) is 0. The van der Waals surface area contributed by atoms with Crippen LogP contribution >= 0.6 is 0 Å². The first kappa shape index (κ1) is 19.3. The maximum Gasteiger partial charge on any atom is 0.500 e. The SMILES string of the molecule is CCO[Si](CC[Si](CC)(CC)CC)(OCC)OCC. The van der Waals surface area contributed by atoms with Crippen LogP contribution in [0.25, 0.3) is 0 Å². The summed E-state index contributed by atoms with van der Waals surface area (Å²) in [5, 5.41) is 0. The van der Waals surface area contributed by atoms with Gasteiger partial charge in [0.25, 0.3) is 0 Å². The molecule has 19 heavy (non-hydrogen) atoms. The fourth-order valence-electron chi connectivity index (χ4n) is 2.70. The monoisotopic (exact) mass is 306 g/mol. The van der Waals surface area contributed by atoms with E-state index in [1.54, 1.807) is 0 Å². The first-order valence-corrected chi connectivity index (χ1v) is 12.7. The highest BCUT2D eigenvalue weighted by Gasteiger charge is 2.42. The number of rotatable bonds is 12. The van der Waals surface area contributed by atoms with Gasteiger partial charge in [0.2, 0.25) is 0 Å². The van der Waals surface area contributed by atoms with E-state index in [1.807, 2.05) is 20.8 Å². The molecule has 0 aromatic rings. The minimum Gasteiger partial charge on any atom is -0.374 e. The molecule has 0 unspecified atom stereocenters. The molecule has 0 amide bonds. The van der Waals surface area contributed by atoms with E-state index >= 15 is 0 Å². The van der Waals surface area contributed by atoms with E-state index in [4.69, 9.17) is 13.3 Å². The van der Waals surface area contributed by atoms with Crippen LogP contribution in [0.5, 0.6) is 0 Å². The zero-order chi connectivity index (χ0) is 14.8. The Hall–Kier alpha value is 0.314. The molecule has 0 radical (unpaired) electrons. The van der Waals surface area contributed by atoms with Crippen molar-refractivity contribution < 1.29 is 13.3 Å². The van der Waals surface area contributed by atoms with Crippen LogP contribution in [0.3, 0.4) is 0 Å². The summed E-state index contributed by atoms with van der Waals surface area (Å²) < 4.78 is 17.9. The summed E-state index contributed by atoms with van der Waals surface area (Å²) in [6.07, 6.45) is 0. The van der Waals surface area contributed by atoms with Crippen molar-refractivity contribution in [3.05, 3.63) is 0 Å². The van der Waals surface area contributed by atoms with Crippen molar-refractivity contribution in [1.29, 1.82) is 0 Å². The van der Waals surface area contributed by atoms with Gasteiger partial charge >= 0.3 is 8.80 Å². The summed E-state index contributed by atoms with van der Waals surface area (Å²) in [7, 11) is -3.54. The lowest BCUT2D eigenvalue weighted by molar-refractivity contribution is 0.0724. The fraction of sp³-hybridized carbons (Fsp3) is 1.00. The van der Waals surface area contributed by atoms with E-state index in [1.165, 1.54) is 24.2 Å². The highest BCUT2D eigenvalue weighted by molar-refractivity contribution is 6.81. The second-order valence-electron chi connectivity index (χ2n) is 5.04. The van der Waals surface area contributed by atoms with Crippen molar-refractivity contribution in [1.82, 2.24) is 0 Å². The minimum absolute atomic E-state index is 0.686. The third-order valence-corrected chi connectivity index (χ3v) is 13.7. The van der Waals surface area contributed by atoms with Gasteiger partial charge in [0.15, 0.2) is 0 Å². The summed E-state index contributed by atoms with van der Waals surface area (Å²) >= 11 is 0. The van der Waals surface area contributed by atoms with E-state index < -0.39 is 16.9 Å². The van der Waals surface area contributed by atoms with Gasteiger partial charge in [-0.2, -0.15) is 0 Å². The zero-order valence-corrected chi connectivity index (χ0v) is 15.9. The Balaban J connectivity index is 4.78. The van der Waals surface area contributed by atoms with Crippen molar-refractivity contribution in [2.24, 2.45) is 0 Å². The van der Waals surface area contributed by atoms with E-state index in [-0.39, 0.29) is 0 Å². The Morgan fingerprint density at radius 3 is 1.21 bits per heavy atom. The third kappa shape index (κ3) is 6.08. The van der Waals surface area contributed by atoms with Gasteiger partial charge in [-0.05, 0) is 20.8 Å². The molecule has 0 aliphatic heterocycles. The average molecular weight is 307 g/mol. The molecule has 0 atom stereocenters. The molecular weight excluding hydrogens is 272 g/mol. The van der Waals surface area contributed by atoms with Crippen molar-refractivity contribution in [3.8, 4) is 0 Å². The second kappa shape index (κ2) is 10.1. The van der Waals surface area contributed by atoms with Crippen molar-refractivity contribution in [2.45, 2.75) is 71.8 Å². The van der Waals surface area contributed by atoms with Crippen LogP contribution in [0.4, 0.5) is 0 Å². The molecule has 0 rings (SSSR count). The lowest BCUT2D eigenvalue weighted by atomic mass is 10.9. The van der Waals surface area contributed by atoms with Crippen molar-refractivity contribution in [2.75, 3.05) is 19.8 Å². The second-order valence-corrected chi connectivity index (χ2v) is 13.4. The van der Waals surface area contributed by atoms with Crippen LogP contribution in [0, 0.1) is 0 Å². The van der Waals surface area contributed by atoms with E-state index in [2.05, 4.69) is 20.8 Å². The van der Waals surface area contributed by atoms with Gasteiger partial charge in [0.05, 0.1) is 8.07 Å². The summed E-state index contributed by atoms with van der Waals surface area (Å²) in [6, 6.07) is 6.35. The van der Waals surface area contributed by atoms with Crippen LogP contribution < -0.4 is 0 Å². The van der Waals surface area contributed by atoms with Crippen LogP contribution in [0.15, 0.2) is 0 Å². The quantitative estimate of drug-likeness (QED) is 0.495. The average Bonchev–Trinajstić information content (AvgIpc) is 2.42. The summed E-state index contributed by atoms with van der Waals surface area (Å²) in [6.45, 7) is 15.2. The largest absolute Gasteiger partial charge is 0.500 e. The molecule has 0 aromatic carbocycles. The lowest BCUT2D eigenvalue weighted by Gasteiger charge is -2.34. The molecule has 5 heteroatoms. The van der Waals surface area contributed by atoms with Crippen LogP contribution in [-0.2, 0) is 13.3 Å². The van der Waals surface area contributed by atoms with E-state index in [9.17, 15) is 0 Å². The molecule has 116 valence electrons. The van der Waals surface area contributed by atoms with Gasteiger partial charge in [-0.15, -0.1) is 0 Å². The maximum absolute atomic E-state index is 5.96. The smallest absolute Gasteiger partial charge is 0.374 e. The van der Waals surface area contributed by atoms with Gasteiger partial charge in [0, 0.05) is 25.9 Å². The normalized spacial score (nSPS) is 12.9. The standard InChI is InChI=1S/C14H34O3Si2/c1-7-15-19(16-8-2,17-9-3)14-13-18(10-4,11-5)12-6/h7-14H2,1-6H3. The van der Waals surface area contributed by atoms with Gasteiger partial charge < -0.3 is 13.3 Å². The highest BCUT2D eigenvalue weighted by atomic mass is 28.4. The molecule has 0 saturated carbocycles. The summed E-state index contributed by atoms with van der Waals surface area (Å²) in [5.41, 5.74) is 0. The Morgan fingerprint density at radius 2 is 0.947 bits per heavy atom. The molecule has 3 nitrogen and oxygen atoms in total. The minimum atomic E-state index is -2.42. The number of hydrogen-bond acceptors (Lipinski definition) is 3. The third-order valence-electron chi connectivity index (χ3n) is 4.30. The molecule has 0 spiro atoms. The van der Waals surface area contributed by atoms with Gasteiger partial charge in [-0.1, -0.05) is 44.9 Å². The van der Waals surface area contributed by atoms with Gasteiger partial charge in [0.1, 0.15) is 0 Å². The van der Waals surface area contributed by atoms with Gasteiger partial charge in [-0.3, -0.25) is 0 Å². The molecule has 0 N–H and O–H groups in total. The van der Waals surface area contributed by atoms with Crippen molar-refractivity contribution in [3.63, 3.8) is 0 Å². The number of hydrogen-bond donors (Lipinski definition) is 0. The zero-order valence-electron chi connectivity index (χ0n) is 13.9. The Labute approximate surface area is 122 Å². The molecule has 0 heterocycles. The molecule has 0 bridgehead atoms. The molecule has 0 aliphatic rings. The molecule has 0 aliphatic carbocycles. The first-order valence-electron chi connectivity index (χ1n) is 7.99. The van der Waals surface area contributed by atoms with Crippen LogP contribution in [-0.4, -0.2) is 36.7 Å². The van der Waals surface area contributed by atoms with Crippen LogP contribution in [0.2, 0.25) is 30.2 Å². The Kier molecular flexibility index (Phi) is 10.3. The predicted molar refractivity (Wildman–Crippen MR) is 87.4 cm³/mol. The summed E-state index contributed by atoms with van der Waals surface area (Å²) in [5.74, 6) is 0. The molecular formula is C14H34O3Si2. The topological polar surface area (TPSA) is 27.7 Å². The fourth-order valence-corrected chi connectivity index (χ4v) is 10.6. The van der Waals surface area contributed by atoms with Crippen LogP contribution in [0.1, 0.15) is 41.5 Å². The van der Waals surface area contributed by atoms with E-state index in [0.717, 1.165) is 6.04 Å². The lowest BCUT2D eigenvalue weighted by Crippen LogP contribution is -2.48. The van der Waals surface area contributed by atoms with Gasteiger partial charge in [-0.25, -0.2) is 0 Å². The van der Waals surface area contributed by atoms with Crippen molar-refractivity contribution >= 4 is 16.9 Å². The molecule has 0 saturated heterocycles. The molecule has 0 fully saturated rings. The Morgan fingerprint density at radius 1 is 0.579 bits per heavy atom. The highest BCUT2D eigenvalue weighted by Crippen LogP contribution is 2.31. The van der Waals surface area contributed by atoms with E-state index in [0.29, 0.717) is 19.8 Å². The Bertz CT molecular complexity index is 195. The molecule has 0 aromatic heterocycles.